The van der Waals surface area contributed by atoms with E-state index in [2.05, 4.69) is 5.10 Å². The predicted octanol–water partition coefficient (Wildman–Crippen LogP) is 0.856. The zero-order valence-corrected chi connectivity index (χ0v) is 10.3. The highest BCUT2D eigenvalue weighted by atomic mass is 16.2. The third-order valence-electron chi connectivity index (χ3n) is 3.36. The number of aryl methyl sites for hydroxylation is 1. The minimum absolute atomic E-state index is 0.0693. The summed E-state index contributed by atoms with van der Waals surface area (Å²) in [6.07, 6.45) is 6.71. The fourth-order valence-electron chi connectivity index (χ4n) is 2.33. The normalized spacial score (nSPS) is 20.6. The first-order valence-corrected chi connectivity index (χ1v) is 6.29. The van der Waals surface area contributed by atoms with Gasteiger partial charge in [-0.25, -0.2) is 0 Å². The highest BCUT2D eigenvalue weighted by Crippen LogP contribution is 2.18. The average Bonchev–Trinajstić information content (AvgIpc) is 2.86. The third kappa shape index (κ3) is 2.49. The lowest BCUT2D eigenvalue weighted by Crippen LogP contribution is -2.47. The molecule has 94 valence electrons. The monoisotopic (exact) mass is 236 g/mol. The first-order chi connectivity index (χ1) is 8.26. The summed E-state index contributed by atoms with van der Waals surface area (Å²) in [6.45, 7) is 4.16. The molecule has 1 amide bonds. The number of nitrogens with zero attached hydrogens (tertiary/aromatic N) is 3. The molecule has 2 heterocycles. The topological polar surface area (TPSA) is 64.2 Å². The molecule has 0 spiro atoms. The van der Waals surface area contributed by atoms with Gasteiger partial charge in [-0.05, 0) is 26.2 Å². The van der Waals surface area contributed by atoms with E-state index >= 15 is 0 Å². The van der Waals surface area contributed by atoms with Crippen LogP contribution in [0.5, 0.6) is 0 Å². The molecule has 0 bridgehead atoms. The van der Waals surface area contributed by atoms with Crippen LogP contribution in [0.2, 0.25) is 0 Å². The number of carbonyl (C=O) groups excluding carboxylic acids is 1. The van der Waals surface area contributed by atoms with Gasteiger partial charge in [0.15, 0.2) is 0 Å². The molecule has 1 aliphatic heterocycles. The molecular weight excluding hydrogens is 216 g/mol. The maximum atomic E-state index is 12.3. The smallest absolute Gasteiger partial charge is 0.257 e. The summed E-state index contributed by atoms with van der Waals surface area (Å²) in [5.41, 5.74) is 6.40. The molecule has 1 aliphatic rings. The molecule has 0 aliphatic carbocycles. The second-order valence-electron chi connectivity index (χ2n) is 4.47. The Labute approximate surface area is 102 Å². The van der Waals surface area contributed by atoms with Crippen LogP contribution in [0.1, 0.15) is 36.5 Å². The Morgan fingerprint density at radius 1 is 1.59 bits per heavy atom. The Morgan fingerprint density at radius 3 is 3.06 bits per heavy atom. The number of carbonyl (C=O) groups is 1. The molecule has 0 radical (unpaired) electrons. The van der Waals surface area contributed by atoms with E-state index in [1.54, 1.807) is 10.9 Å². The number of rotatable bonds is 3. The lowest BCUT2D eigenvalue weighted by molar-refractivity contribution is 0.0623. The molecule has 5 heteroatoms. The number of likely N-dealkylation sites (tertiary alicyclic amines) is 1. The average molecular weight is 236 g/mol. The molecular formula is C12H20N4O. The van der Waals surface area contributed by atoms with Crippen LogP contribution in [0.25, 0.3) is 0 Å². The number of amides is 1. The van der Waals surface area contributed by atoms with Gasteiger partial charge in [0, 0.05) is 31.9 Å². The molecule has 1 fully saturated rings. The summed E-state index contributed by atoms with van der Waals surface area (Å²) in [5, 5.41) is 4.14. The number of hydrogen-bond acceptors (Lipinski definition) is 3. The van der Waals surface area contributed by atoms with Crippen LogP contribution < -0.4 is 5.73 Å². The van der Waals surface area contributed by atoms with Gasteiger partial charge in [-0.2, -0.15) is 5.10 Å². The van der Waals surface area contributed by atoms with E-state index in [1.807, 2.05) is 18.0 Å². The second-order valence-corrected chi connectivity index (χ2v) is 4.47. The summed E-state index contributed by atoms with van der Waals surface area (Å²) >= 11 is 0. The lowest BCUT2D eigenvalue weighted by Gasteiger charge is -2.34. The highest BCUT2D eigenvalue weighted by Gasteiger charge is 2.26. The van der Waals surface area contributed by atoms with E-state index in [-0.39, 0.29) is 11.9 Å². The van der Waals surface area contributed by atoms with Gasteiger partial charge in [0.2, 0.25) is 0 Å². The van der Waals surface area contributed by atoms with Crippen LogP contribution in [-0.4, -0.2) is 39.7 Å². The van der Waals surface area contributed by atoms with E-state index < -0.39 is 0 Å². The van der Waals surface area contributed by atoms with Crippen molar-refractivity contribution in [2.75, 3.05) is 13.1 Å². The van der Waals surface area contributed by atoms with Crippen molar-refractivity contribution in [1.82, 2.24) is 14.7 Å². The lowest BCUT2D eigenvalue weighted by atomic mass is 10.0. The van der Waals surface area contributed by atoms with Crippen molar-refractivity contribution in [3.05, 3.63) is 18.0 Å². The Balaban J connectivity index is 2.12. The van der Waals surface area contributed by atoms with E-state index in [9.17, 15) is 4.79 Å². The molecule has 0 aromatic carbocycles. The van der Waals surface area contributed by atoms with E-state index in [1.165, 1.54) is 6.42 Å². The third-order valence-corrected chi connectivity index (χ3v) is 3.36. The van der Waals surface area contributed by atoms with Gasteiger partial charge in [-0.15, -0.1) is 0 Å². The van der Waals surface area contributed by atoms with Crippen molar-refractivity contribution in [3.8, 4) is 0 Å². The van der Waals surface area contributed by atoms with Crippen LogP contribution in [0.3, 0.4) is 0 Å². The molecule has 1 atom stereocenters. The van der Waals surface area contributed by atoms with Crippen LogP contribution >= 0.6 is 0 Å². The fourth-order valence-corrected chi connectivity index (χ4v) is 2.33. The van der Waals surface area contributed by atoms with Crippen LogP contribution in [0, 0.1) is 0 Å². The first-order valence-electron chi connectivity index (χ1n) is 6.29. The van der Waals surface area contributed by atoms with Crippen molar-refractivity contribution in [3.63, 3.8) is 0 Å². The predicted molar refractivity (Wildman–Crippen MR) is 65.6 cm³/mol. The Bertz CT molecular complexity index is 388. The van der Waals surface area contributed by atoms with Gasteiger partial charge in [-0.3, -0.25) is 9.48 Å². The van der Waals surface area contributed by atoms with Crippen LogP contribution in [0.15, 0.2) is 12.4 Å². The zero-order chi connectivity index (χ0) is 12.3. The van der Waals surface area contributed by atoms with E-state index in [0.29, 0.717) is 12.1 Å². The van der Waals surface area contributed by atoms with Crippen molar-refractivity contribution in [2.24, 2.45) is 5.73 Å². The molecule has 1 aromatic heterocycles. The zero-order valence-electron chi connectivity index (χ0n) is 10.3. The van der Waals surface area contributed by atoms with Gasteiger partial charge in [-0.1, -0.05) is 0 Å². The molecule has 1 saturated heterocycles. The van der Waals surface area contributed by atoms with Gasteiger partial charge < -0.3 is 10.6 Å². The van der Waals surface area contributed by atoms with Crippen molar-refractivity contribution < 1.29 is 4.79 Å². The maximum Gasteiger partial charge on any atom is 0.257 e. The van der Waals surface area contributed by atoms with Crippen LogP contribution in [-0.2, 0) is 6.54 Å². The Hall–Kier alpha value is -1.36. The number of piperidine rings is 1. The largest absolute Gasteiger partial charge is 0.334 e. The summed E-state index contributed by atoms with van der Waals surface area (Å²) in [4.78, 5) is 14.2. The summed E-state index contributed by atoms with van der Waals surface area (Å²) in [7, 11) is 0. The summed E-state index contributed by atoms with van der Waals surface area (Å²) in [5.74, 6) is 0.0693. The Kier molecular flexibility index (Phi) is 3.78. The maximum absolute atomic E-state index is 12.3. The highest BCUT2D eigenvalue weighted by molar-refractivity contribution is 5.94. The quantitative estimate of drug-likeness (QED) is 0.846. The minimum Gasteiger partial charge on any atom is -0.334 e. The second kappa shape index (κ2) is 5.31. The van der Waals surface area contributed by atoms with Crippen molar-refractivity contribution in [1.29, 1.82) is 0 Å². The molecule has 2 N–H and O–H groups in total. The summed E-state index contributed by atoms with van der Waals surface area (Å²) in [6, 6.07) is 0.196. The van der Waals surface area contributed by atoms with Gasteiger partial charge in [0.05, 0.1) is 11.8 Å². The van der Waals surface area contributed by atoms with Crippen molar-refractivity contribution >= 4 is 5.91 Å². The van der Waals surface area contributed by atoms with Gasteiger partial charge >= 0.3 is 0 Å². The molecule has 5 nitrogen and oxygen atoms in total. The molecule has 17 heavy (non-hydrogen) atoms. The summed E-state index contributed by atoms with van der Waals surface area (Å²) < 4.78 is 1.77. The van der Waals surface area contributed by atoms with Crippen molar-refractivity contribution in [2.45, 2.75) is 38.8 Å². The SMILES string of the molecule is CCn1cc(C(=O)N2CCCCC2CN)cn1. The molecule has 1 unspecified atom stereocenters. The molecule has 2 rings (SSSR count). The first kappa shape index (κ1) is 12.1. The Morgan fingerprint density at radius 2 is 2.41 bits per heavy atom. The van der Waals surface area contributed by atoms with Gasteiger partial charge in [0.25, 0.3) is 5.91 Å². The molecule has 1 aromatic rings. The van der Waals surface area contributed by atoms with Gasteiger partial charge in [0.1, 0.15) is 0 Å². The molecule has 0 saturated carbocycles. The standard InChI is InChI=1S/C12H20N4O/c1-2-15-9-10(8-14-15)12(17)16-6-4-3-5-11(16)7-13/h8-9,11H,2-7,13H2,1H3. The van der Waals surface area contributed by atoms with Crippen LogP contribution in [0.4, 0.5) is 0 Å². The van der Waals surface area contributed by atoms with E-state index in [4.69, 9.17) is 5.73 Å². The number of hydrogen-bond donors (Lipinski definition) is 1. The van der Waals surface area contributed by atoms with E-state index in [0.717, 1.165) is 25.9 Å². The fraction of sp³-hybridized carbons (Fsp3) is 0.667. The number of nitrogens with two attached hydrogens (primary N) is 1. The minimum atomic E-state index is 0.0693. The number of aromatic nitrogens is 2.